The molecule has 0 aromatic carbocycles. The summed E-state index contributed by atoms with van der Waals surface area (Å²) in [5.41, 5.74) is 0. The van der Waals surface area contributed by atoms with Crippen molar-refractivity contribution < 1.29 is 9.21 Å². The van der Waals surface area contributed by atoms with Crippen LogP contribution in [0.2, 0.25) is 0 Å². The first-order chi connectivity index (χ1) is 13.2. The average molecular weight is 407 g/mol. The van der Waals surface area contributed by atoms with Gasteiger partial charge in [0.05, 0.1) is 18.6 Å². The van der Waals surface area contributed by atoms with Gasteiger partial charge in [-0.25, -0.2) is 0 Å². The zero-order valence-corrected chi connectivity index (χ0v) is 17.2. The Bertz CT molecular complexity index is 737. The zero-order chi connectivity index (χ0) is 18.6. The van der Waals surface area contributed by atoms with Crippen LogP contribution < -0.4 is 5.32 Å². The molecule has 2 aliphatic rings. The van der Waals surface area contributed by atoms with Crippen LogP contribution in [-0.2, 0) is 11.3 Å². The highest BCUT2D eigenvalue weighted by molar-refractivity contribution is 8.01. The van der Waals surface area contributed by atoms with E-state index in [9.17, 15) is 4.79 Å². The third kappa shape index (κ3) is 5.04. The molecule has 0 spiro atoms. The fourth-order valence-corrected chi connectivity index (χ4v) is 5.31. The van der Waals surface area contributed by atoms with Crippen LogP contribution in [0.4, 0.5) is 5.13 Å². The fourth-order valence-electron chi connectivity index (χ4n) is 3.69. The molecule has 0 radical (unpaired) electrons. The molecule has 2 aromatic rings. The largest absolute Gasteiger partial charge is 0.467 e. The van der Waals surface area contributed by atoms with E-state index in [0.717, 1.165) is 34.0 Å². The Morgan fingerprint density at radius 1 is 1.26 bits per heavy atom. The van der Waals surface area contributed by atoms with Crippen molar-refractivity contribution in [3.63, 3.8) is 0 Å². The summed E-state index contributed by atoms with van der Waals surface area (Å²) in [7, 11) is 0. The number of thioether (sulfide) groups is 1. The fraction of sp³-hybridized carbons (Fsp3) is 0.632. The SMILES string of the molecule is CC1CCC(N(C(=O)CSc2nnc(NCc3ccco3)s2)C2CC2)CC1. The van der Waals surface area contributed by atoms with Crippen LogP contribution in [0.15, 0.2) is 27.2 Å². The molecule has 2 saturated carbocycles. The summed E-state index contributed by atoms with van der Waals surface area (Å²) in [6.07, 6.45) is 8.80. The van der Waals surface area contributed by atoms with Crippen molar-refractivity contribution >= 4 is 34.1 Å². The highest BCUT2D eigenvalue weighted by Gasteiger charge is 2.38. The molecule has 4 rings (SSSR count). The van der Waals surface area contributed by atoms with E-state index in [1.807, 2.05) is 12.1 Å². The van der Waals surface area contributed by atoms with Crippen molar-refractivity contribution in [1.82, 2.24) is 15.1 Å². The van der Waals surface area contributed by atoms with Crippen molar-refractivity contribution in [2.75, 3.05) is 11.1 Å². The van der Waals surface area contributed by atoms with Gasteiger partial charge in [0.15, 0.2) is 4.34 Å². The molecule has 0 saturated heterocycles. The molecule has 0 unspecified atom stereocenters. The number of hydrogen-bond acceptors (Lipinski definition) is 7. The predicted molar refractivity (Wildman–Crippen MR) is 108 cm³/mol. The van der Waals surface area contributed by atoms with Gasteiger partial charge in [-0.2, -0.15) is 0 Å². The molecular formula is C19H26N4O2S2. The van der Waals surface area contributed by atoms with E-state index in [0.29, 0.717) is 24.4 Å². The summed E-state index contributed by atoms with van der Waals surface area (Å²) in [6, 6.07) is 4.71. The normalized spacial score (nSPS) is 22.6. The molecule has 146 valence electrons. The number of amides is 1. The number of anilines is 1. The predicted octanol–water partition coefficient (Wildman–Crippen LogP) is 4.41. The van der Waals surface area contributed by atoms with Crippen molar-refractivity contribution in [2.45, 2.75) is 68.4 Å². The molecule has 2 aliphatic carbocycles. The summed E-state index contributed by atoms with van der Waals surface area (Å²) in [6.45, 7) is 2.91. The van der Waals surface area contributed by atoms with E-state index in [1.54, 1.807) is 6.26 Å². The van der Waals surface area contributed by atoms with Crippen LogP contribution in [-0.4, -0.2) is 38.8 Å². The number of carbonyl (C=O) groups excluding carboxylic acids is 1. The molecule has 2 aromatic heterocycles. The van der Waals surface area contributed by atoms with E-state index in [4.69, 9.17) is 4.42 Å². The van der Waals surface area contributed by atoms with Gasteiger partial charge in [0.2, 0.25) is 11.0 Å². The summed E-state index contributed by atoms with van der Waals surface area (Å²) in [5.74, 6) is 2.38. The molecule has 2 heterocycles. The third-order valence-electron chi connectivity index (χ3n) is 5.33. The second-order valence-corrected chi connectivity index (χ2v) is 9.74. The van der Waals surface area contributed by atoms with Gasteiger partial charge < -0.3 is 14.6 Å². The Labute approximate surface area is 168 Å². The monoisotopic (exact) mass is 406 g/mol. The van der Waals surface area contributed by atoms with Crippen molar-refractivity contribution in [3.8, 4) is 0 Å². The standard InChI is InChI=1S/C19H26N4O2S2/c1-13-4-6-14(7-5-13)23(15-8-9-15)17(24)12-26-19-22-21-18(27-19)20-11-16-3-2-10-25-16/h2-3,10,13-15H,4-9,11-12H2,1H3,(H,20,21). The topological polar surface area (TPSA) is 71.3 Å². The van der Waals surface area contributed by atoms with Gasteiger partial charge in [-0.05, 0) is 56.6 Å². The van der Waals surface area contributed by atoms with Crippen LogP contribution in [0, 0.1) is 5.92 Å². The molecule has 0 bridgehead atoms. The van der Waals surface area contributed by atoms with Crippen LogP contribution in [0.1, 0.15) is 51.2 Å². The number of nitrogens with one attached hydrogen (secondary N) is 1. The molecule has 0 aliphatic heterocycles. The Kier molecular flexibility index (Phi) is 6.02. The van der Waals surface area contributed by atoms with Crippen LogP contribution in [0.5, 0.6) is 0 Å². The first-order valence-corrected chi connectivity index (χ1v) is 11.5. The zero-order valence-electron chi connectivity index (χ0n) is 15.6. The number of aromatic nitrogens is 2. The summed E-state index contributed by atoms with van der Waals surface area (Å²) in [4.78, 5) is 15.1. The molecule has 1 N–H and O–H groups in total. The number of rotatable bonds is 8. The third-order valence-corrected chi connectivity index (χ3v) is 7.33. The smallest absolute Gasteiger partial charge is 0.233 e. The van der Waals surface area contributed by atoms with E-state index in [1.165, 1.54) is 48.8 Å². The van der Waals surface area contributed by atoms with Crippen molar-refractivity contribution in [1.29, 1.82) is 0 Å². The Morgan fingerprint density at radius 2 is 2.00 bits per heavy atom. The lowest BCUT2D eigenvalue weighted by Crippen LogP contribution is -2.44. The van der Waals surface area contributed by atoms with Gasteiger partial charge in [0.1, 0.15) is 5.76 Å². The molecular weight excluding hydrogens is 380 g/mol. The summed E-state index contributed by atoms with van der Waals surface area (Å²) < 4.78 is 6.13. The Morgan fingerprint density at radius 3 is 2.67 bits per heavy atom. The lowest BCUT2D eigenvalue weighted by atomic mass is 9.86. The van der Waals surface area contributed by atoms with Crippen molar-refractivity contribution in [3.05, 3.63) is 24.2 Å². The first-order valence-electron chi connectivity index (χ1n) is 9.73. The molecule has 8 heteroatoms. The molecule has 1 amide bonds. The quantitative estimate of drug-likeness (QED) is 0.655. The van der Waals surface area contributed by atoms with Crippen LogP contribution in [0.25, 0.3) is 0 Å². The Hall–Kier alpha value is -1.54. The molecule has 0 atom stereocenters. The maximum atomic E-state index is 12.9. The second kappa shape index (κ2) is 8.65. The molecule has 6 nitrogen and oxygen atoms in total. The number of hydrogen-bond donors (Lipinski definition) is 1. The maximum absolute atomic E-state index is 12.9. The average Bonchev–Trinajstić information content (AvgIpc) is 3.18. The van der Waals surface area contributed by atoms with Gasteiger partial charge >= 0.3 is 0 Å². The highest BCUT2D eigenvalue weighted by Crippen LogP contribution is 2.36. The van der Waals surface area contributed by atoms with Crippen LogP contribution >= 0.6 is 23.1 Å². The number of carbonyl (C=O) groups is 1. The first kappa shape index (κ1) is 18.8. The molecule has 2 fully saturated rings. The van der Waals surface area contributed by atoms with Gasteiger partial charge in [-0.1, -0.05) is 30.0 Å². The minimum absolute atomic E-state index is 0.266. The van der Waals surface area contributed by atoms with E-state index >= 15 is 0 Å². The Balaban J connectivity index is 1.27. The minimum Gasteiger partial charge on any atom is -0.467 e. The van der Waals surface area contributed by atoms with E-state index in [2.05, 4.69) is 27.3 Å². The molecule has 27 heavy (non-hydrogen) atoms. The van der Waals surface area contributed by atoms with Gasteiger partial charge in [0, 0.05) is 12.1 Å². The summed E-state index contributed by atoms with van der Waals surface area (Å²) >= 11 is 2.99. The van der Waals surface area contributed by atoms with Gasteiger partial charge in [-0.15, -0.1) is 10.2 Å². The van der Waals surface area contributed by atoms with Crippen LogP contribution in [0.3, 0.4) is 0 Å². The lowest BCUT2D eigenvalue weighted by Gasteiger charge is -2.36. The maximum Gasteiger partial charge on any atom is 0.233 e. The lowest BCUT2D eigenvalue weighted by molar-refractivity contribution is -0.132. The van der Waals surface area contributed by atoms with Gasteiger partial charge in [0.25, 0.3) is 0 Å². The summed E-state index contributed by atoms with van der Waals surface area (Å²) in [5, 5.41) is 12.3. The van der Waals surface area contributed by atoms with Gasteiger partial charge in [-0.3, -0.25) is 4.79 Å². The van der Waals surface area contributed by atoms with E-state index < -0.39 is 0 Å². The minimum atomic E-state index is 0.266. The number of furan rings is 1. The van der Waals surface area contributed by atoms with Crippen molar-refractivity contribution in [2.24, 2.45) is 5.92 Å². The highest BCUT2D eigenvalue weighted by atomic mass is 32.2. The second-order valence-electron chi connectivity index (χ2n) is 7.54. The number of nitrogens with zero attached hydrogens (tertiary/aromatic N) is 3. The van der Waals surface area contributed by atoms with E-state index in [-0.39, 0.29) is 5.91 Å².